The predicted octanol–water partition coefficient (Wildman–Crippen LogP) is 2.49. The minimum Gasteiger partial charge on any atom is -0.311 e. The van der Waals surface area contributed by atoms with Crippen LogP contribution in [0.3, 0.4) is 0 Å². The fraction of sp³-hybridized carbons (Fsp3) is 0.333. The quantitative estimate of drug-likeness (QED) is 0.874. The molecule has 0 unspecified atom stereocenters. The summed E-state index contributed by atoms with van der Waals surface area (Å²) in [6.07, 6.45) is 2.63. The lowest BCUT2D eigenvalue weighted by atomic mass is 10.1. The van der Waals surface area contributed by atoms with Gasteiger partial charge in [-0.15, -0.1) is 0 Å². The van der Waals surface area contributed by atoms with Crippen LogP contribution < -0.4 is 5.32 Å². The number of nitrogens with one attached hydrogen (secondary N) is 1. The van der Waals surface area contributed by atoms with Crippen molar-refractivity contribution in [3.8, 4) is 0 Å². The number of hydrogen-bond donors (Lipinski definition) is 1. The molecule has 2 aromatic rings. The van der Waals surface area contributed by atoms with Crippen LogP contribution in [0, 0.1) is 6.92 Å². The molecular formula is C15H19N3. The number of rotatable bonds is 5. The molecule has 0 amide bonds. The van der Waals surface area contributed by atoms with Crippen molar-refractivity contribution in [1.29, 1.82) is 0 Å². The van der Waals surface area contributed by atoms with E-state index in [2.05, 4.69) is 53.4 Å². The topological polar surface area (TPSA) is 37.8 Å². The number of hydrogen-bond acceptors (Lipinski definition) is 3. The first-order valence-electron chi connectivity index (χ1n) is 6.35. The van der Waals surface area contributed by atoms with Gasteiger partial charge in [0.15, 0.2) is 0 Å². The standard InChI is InChI=1S/C15H19N3/c1-3-16-11-14-8-9-17-15(18-14)10-13-6-4-12(2)5-7-13/h4-9,16H,3,10-11H2,1-2H3. The van der Waals surface area contributed by atoms with Crippen LogP contribution in [0.15, 0.2) is 36.5 Å². The summed E-state index contributed by atoms with van der Waals surface area (Å²) in [6, 6.07) is 10.5. The fourth-order valence-electron chi connectivity index (χ4n) is 1.77. The average Bonchev–Trinajstić information content (AvgIpc) is 2.40. The lowest BCUT2D eigenvalue weighted by Gasteiger charge is -2.04. The van der Waals surface area contributed by atoms with Crippen LogP contribution >= 0.6 is 0 Å². The highest BCUT2D eigenvalue weighted by molar-refractivity contribution is 5.24. The summed E-state index contributed by atoms with van der Waals surface area (Å²) in [4.78, 5) is 8.88. The third-order valence-corrected chi connectivity index (χ3v) is 2.80. The Hall–Kier alpha value is -1.74. The van der Waals surface area contributed by atoms with Crippen molar-refractivity contribution >= 4 is 0 Å². The summed E-state index contributed by atoms with van der Waals surface area (Å²) in [5, 5.41) is 3.27. The maximum atomic E-state index is 4.55. The Morgan fingerprint density at radius 2 is 1.89 bits per heavy atom. The largest absolute Gasteiger partial charge is 0.311 e. The monoisotopic (exact) mass is 241 g/mol. The van der Waals surface area contributed by atoms with E-state index in [9.17, 15) is 0 Å². The highest BCUT2D eigenvalue weighted by Crippen LogP contribution is 2.07. The third-order valence-electron chi connectivity index (χ3n) is 2.80. The van der Waals surface area contributed by atoms with Crippen molar-refractivity contribution in [1.82, 2.24) is 15.3 Å². The second-order valence-electron chi connectivity index (χ2n) is 4.41. The lowest BCUT2D eigenvalue weighted by Crippen LogP contribution is -2.13. The van der Waals surface area contributed by atoms with E-state index in [-0.39, 0.29) is 0 Å². The van der Waals surface area contributed by atoms with Gasteiger partial charge in [0.1, 0.15) is 5.82 Å². The van der Waals surface area contributed by atoms with Gasteiger partial charge in [-0.2, -0.15) is 0 Å². The van der Waals surface area contributed by atoms with Crippen LogP contribution in [0.2, 0.25) is 0 Å². The molecule has 1 heterocycles. The Balaban J connectivity index is 2.06. The molecule has 18 heavy (non-hydrogen) atoms. The summed E-state index contributed by atoms with van der Waals surface area (Å²) >= 11 is 0. The molecule has 0 saturated heterocycles. The smallest absolute Gasteiger partial charge is 0.132 e. The van der Waals surface area contributed by atoms with Crippen molar-refractivity contribution in [2.45, 2.75) is 26.8 Å². The van der Waals surface area contributed by atoms with E-state index in [0.717, 1.165) is 31.0 Å². The molecule has 1 aromatic heterocycles. The molecule has 0 saturated carbocycles. The molecule has 0 fully saturated rings. The molecule has 0 atom stereocenters. The van der Waals surface area contributed by atoms with Crippen molar-refractivity contribution in [2.75, 3.05) is 6.54 Å². The van der Waals surface area contributed by atoms with Crippen molar-refractivity contribution in [2.24, 2.45) is 0 Å². The maximum absolute atomic E-state index is 4.55. The highest BCUT2D eigenvalue weighted by Gasteiger charge is 2.01. The summed E-state index contributed by atoms with van der Waals surface area (Å²) in [5.74, 6) is 0.884. The Labute approximate surface area is 108 Å². The SMILES string of the molecule is CCNCc1ccnc(Cc2ccc(C)cc2)n1. The number of aromatic nitrogens is 2. The minimum absolute atomic E-state index is 0.792. The molecule has 0 aliphatic rings. The summed E-state index contributed by atoms with van der Waals surface area (Å²) in [7, 11) is 0. The summed E-state index contributed by atoms with van der Waals surface area (Å²) < 4.78 is 0. The molecule has 94 valence electrons. The molecule has 0 aliphatic heterocycles. The number of benzene rings is 1. The molecule has 0 aliphatic carbocycles. The van der Waals surface area contributed by atoms with Gasteiger partial charge in [0.05, 0.1) is 5.69 Å². The summed E-state index contributed by atoms with van der Waals surface area (Å²) in [5.41, 5.74) is 3.58. The predicted molar refractivity (Wildman–Crippen MR) is 73.4 cm³/mol. The first-order chi connectivity index (χ1) is 8.78. The number of nitrogens with zero attached hydrogens (tertiary/aromatic N) is 2. The van der Waals surface area contributed by atoms with Gasteiger partial charge in [0, 0.05) is 19.2 Å². The van der Waals surface area contributed by atoms with Crippen molar-refractivity contribution in [3.63, 3.8) is 0 Å². The fourth-order valence-corrected chi connectivity index (χ4v) is 1.77. The van der Waals surface area contributed by atoms with Crippen molar-refractivity contribution in [3.05, 3.63) is 59.2 Å². The first kappa shape index (κ1) is 12.7. The zero-order valence-corrected chi connectivity index (χ0v) is 11.0. The van der Waals surface area contributed by atoms with Crippen LogP contribution in [0.1, 0.15) is 29.6 Å². The van der Waals surface area contributed by atoms with E-state index in [1.807, 2.05) is 12.3 Å². The van der Waals surface area contributed by atoms with Gasteiger partial charge in [0.2, 0.25) is 0 Å². The van der Waals surface area contributed by atoms with Gasteiger partial charge >= 0.3 is 0 Å². The second kappa shape index (κ2) is 6.26. The molecule has 0 bridgehead atoms. The Morgan fingerprint density at radius 3 is 2.61 bits per heavy atom. The van der Waals surface area contributed by atoms with Gasteiger partial charge < -0.3 is 5.32 Å². The normalized spacial score (nSPS) is 10.6. The molecule has 0 radical (unpaired) electrons. The van der Waals surface area contributed by atoms with Crippen LogP contribution in [0.4, 0.5) is 0 Å². The molecule has 3 heteroatoms. The van der Waals surface area contributed by atoms with Gasteiger partial charge in [-0.05, 0) is 25.1 Å². The zero-order chi connectivity index (χ0) is 12.8. The van der Waals surface area contributed by atoms with E-state index >= 15 is 0 Å². The van der Waals surface area contributed by atoms with E-state index in [1.54, 1.807) is 0 Å². The molecule has 3 nitrogen and oxygen atoms in total. The Kier molecular flexibility index (Phi) is 4.42. The average molecular weight is 241 g/mol. The van der Waals surface area contributed by atoms with Gasteiger partial charge in [0.25, 0.3) is 0 Å². The van der Waals surface area contributed by atoms with Gasteiger partial charge in [-0.25, -0.2) is 9.97 Å². The van der Waals surface area contributed by atoms with Crippen LogP contribution in [0.5, 0.6) is 0 Å². The van der Waals surface area contributed by atoms with E-state index in [1.165, 1.54) is 11.1 Å². The van der Waals surface area contributed by atoms with Gasteiger partial charge in [-0.1, -0.05) is 36.8 Å². The summed E-state index contributed by atoms with van der Waals surface area (Å²) in [6.45, 7) is 5.95. The molecular weight excluding hydrogens is 222 g/mol. The minimum atomic E-state index is 0.792. The molecule has 0 spiro atoms. The van der Waals surface area contributed by atoms with E-state index in [4.69, 9.17) is 0 Å². The molecule has 1 aromatic carbocycles. The van der Waals surface area contributed by atoms with E-state index in [0.29, 0.717) is 0 Å². The van der Waals surface area contributed by atoms with Crippen LogP contribution in [-0.2, 0) is 13.0 Å². The molecule has 2 rings (SSSR count). The van der Waals surface area contributed by atoms with Crippen LogP contribution in [0.25, 0.3) is 0 Å². The second-order valence-corrected chi connectivity index (χ2v) is 4.41. The lowest BCUT2D eigenvalue weighted by molar-refractivity contribution is 0.702. The van der Waals surface area contributed by atoms with Gasteiger partial charge in [-0.3, -0.25) is 0 Å². The maximum Gasteiger partial charge on any atom is 0.132 e. The third kappa shape index (κ3) is 3.64. The highest BCUT2D eigenvalue weighted by atomic mass is 14.9. The van der Waals surface area contributed by atoms with Crippen molar-refractivity contribution < 1.29 is 0 Å². The number of aryl methyl sites for hydroxylation is 1. The zero-order valence-electron chi connectivity index (χ0n) is 11.0. The van der Waals surface area contributed by atoms with E-state index < -0.39 is 0 Å². The first-order valence-corrected chi connectivity index (χ1v) is 6.35. The van der Waals surface area contributed by atoms with Crippen LogP contribution in [-0.4, -0.2) is 16.5 Å². The molecule has 1 N–H and O–H groups in total. The Morgan fingerprint density at radius 1 is 1.11 bits per heavy atom. The Bertz CT molecular complexity index is 491.